The predicted molar refractivity (Wildman–Crippen MR) is 96.4 cm³/mol. The molecule has 0 bridgehead atoms. The van der Waals surface area contributed by atoms with Crippen molar-refractivity contribution in [1.29, 1.82) is 0 Å². The summed E-state index contributed by atoms with van der Waals surface area (Å²) in [6, 6.07) is 16.4. The van der Waals surface area contributed by atoms with Gasteiger partial charge in [-0.05, 0) is 30.0 Å². The first kappa shape index (κ1) is 17.4. The number of hydrogen-bond acceptors (Lipinski definition) is 3. The van der Waals surface area contributed by atoms with Crippen LogP contribution in [0.15, 0.2) is 54.6 Å². The number of hydrogen-bond donors (Lipinski definition) is 0. The Morgan fingerprint density at radius 2 is 1.40 bits per heavy atom. The van der Waals surface area contributed by atoms with Gasteiger partial charge in [-0.25, -0.2) is 0 Å². The van der Waals surface area contributed by atoms with Gasteiger partial charge in [0.2, 0.25) is 0 Å². The lowest BCUT2D eigenvalue weighted by Crippen LogP contribution is -2.44. The molecule has 2 amide bonds. The van der Waals surface area contributed by atoms with Crippen molar-refractivity contribution in [3.05, 3.63) is 71.3 Å². The van der Waals surface area contributed by atoms with Gasteiger partial charge in [-0.1, -0.05) is 56.3 Å². The first-order chi connectivity index (χ1) is 12.0. The van der Waals surface area contributed by atoms with Crippen LogP contribution in [0, 0.1) is 5.92 Å². The van der Waals surface area contributed by atoms with E-state index in [0.717, 1.165) is 5.56 Å². The van der Waals surface area contributed by atoms with E-state index in [9.17, 15) is 9.59 Å². The Morgan fingerprint density at radius 1 is 0.880 bits per heavy atom. The summed E-state index contributed by atoms with van der Waals surface area (Å²) >= 11 is 0. The molecule has 1 heterocycles. The molecule has 0 radical (unpaired) electrons. The highest BCUT2D eigenvalue weighted by Gasteiger charge is 2.43. The van der Waals surface area contributed by atoms with Gasteiger partial charge in [0.1, 0.15) is 6.10 Å². The van der Waals surface area contributed by atoms with E-state index in [1.807, 2.05) is 30.3 Å². The third-order valence-electron chi connectivity index (χ3n) is 4.60. The number of imide groups is 1. The quantitative estimate of drug-likeness (QED) is 0.746. The maximum absolute atomic E-state index is 12.9. The Kier molecular flexibility index (Phi) is 5.00. The molecule has 0 aromatic heterocycles. The normalized spacial score (nSPS) is 16.2. The molecule has 0 aliphatic carbocycles. The minimum Gasteiger partial charge on any atom is -0.375 e. The molecule has 25 heavy (non-hydrogen) atoms. The van der Waals surface area contributed by atoms with Crippen LogP contribution in [0.2, 0.25) is 0 Å². The van der Waals surface area contributed by atoms with Crippen LogP contribution in [0.5, 0.6) is 0 Å². The second-order valence-corrected chi connectivity index (χ2v) is 6.79. The molecule has 0 spiro atoms. The number of carbonyl (C=O) groups excluding carboxylic acids is 2. The Hall–Kier alpha value is -2.46. The highest BCUT2D eigenvalue weighted by Crippen LogP contribution is 2.34. The van der Waals surface area contributed by atoms with Gasteiger partial charge in [-0.3, -0.25) is 14.5 Å². The van der Waals surface area contributed by atoms with Crippen molar-refractivity contribution in [2.24, 2.45) is 5.92 Å². The smallest absolute Gasteiger partial charge is 0.261 e. The first-order valence-electron chi connectivity index (χ1n) is 8.59. The SMILES string of the molecule is CO[C@H](c1ccccc1)[C@H](CC(C)C)N1C(=O)c2ccccc2C1=O. The lowest BCUT2D eigenvalue weighted by atomic mass is 9.93. The van der Waals surface area contributed by atoms with Crippen LogP contribution in [0.4, 0.5) is 0 Å². The van der Waals surface area contributed by atoms with E-state index in [2.05, 4.69) is 13.8 Å². The number of amides is 2. The van der Waals surface area contributed by atoms with E-state index < -0.39 is 0 Å². The van der Waals surface area contributed by atoms with E-state index in [-0.39, 0.29) is 24.0 Å². The van der Waals surface area contributed by atoms with Gasteiger partial charge in [-0.15, -0.1) is 0 Å². The number of methoxy groups -OCH3 is 1. The van der Waals surface area contributed by atoms with Crippen LogP contribution in [-0.4, -0.2) is 29.9 Å². The van der Waals surface area contributed by atoms with Gasteiger partial charge < -0.3 is 4.74 Å². The van der Waals surface area contributed by atoms with Gasteiger partial charge in [0.05, 0.1) is 17.2 Å². The molecule has 2 aromatic rings. The van der Waals surface area contributed by atoms with Crippen LogP contribution in [-0.2, 0) is 4.74 Å². The molecular weight excluding hydrogens is 314 g/mol. The summed E-state index contributed by atoms with van der Waals surface area (Å²) < 4.78 is 5.76. The molecule has 4 nitrogen and oxygen atoms in total. The van der Waals surface area contributed by atoms with Crippen molar-refractivity contribution in [2.75, 3.05) is 7.11 Å². The van der Waals surface area contributed by atoms with Gasteiger partial charge in [0, 0.05) is 7.11 Å². The largest absolute Gasteiger partial charge is 0.375 e. The second kappa shape index (κ2) is 7.19. The Bertz CT molecular complexity index is 735. The predicted octanol–water partition coefficient (Wildman–Crippen LogP) is 4.09. The Balaban J connectivity index is 2.02. The van der Waals surface area contributed by atoms with E-state index in [1.165, 1.54) is 4.90 Å². The number of rotatable bonds is 6. The average molecular weight is 337 g/mol. The summed E-state index contributed by atoms with van der Waals surface area (Å²) in [5, 5.41) is 0. The number of nitrogens with zero attached hydrogens (tertiary/aromatic N) is 1. The highest BCUT2D eigenvalue weighted by molar-refractivity contribution is 6.21. The number of ether oxygens (including phenoxy) is 1. The number of carbonyl (C=O) groups is 2. The fourth-order valence-electron chi connectivity index (χ4n) is 3.51. The summed E-state index contributed by atoms with van der Waals surface area (Å²) in [5.74, 6) is -0.149. The molecule has 0 fully saturated rings. The molecule has 2 atom stereocenters. The third-order valence-corrected chi connectivity index (χ3v) is 4.60. The lowest BCUT2D eigenvalue weighted by molar-refractivity contribution is 0.00996. The molecule has 1 aliphatic rings. The van der Waals surface area contributed by atoms with Crippen LogP contribution in [0.1, 0.15) is 52.7 Å². The van der Waals surface area contributed by atoms with E-state index >= 15 is 0 Å². The summed E-state index contributed by atoms with van der Waals surface area (Å²) in [6.45, 7) is 4.17. The maximum atomic E-state index is 12.9. The van der Waals surface area contributed by atoms with Crippen molar-refractivity contribution >= 4 is 11.8 Å². The standard InChI is InChI=1S/C21H23NO3/c1-14(2)13-18(19(25-3)15-9-5-4-6-10-15)22-20(23)16-11-7-8-12-17(16)21(22)24/h4-12,14,18-19H,13H2,1-3H3/t18-,19+/m0/s1. The van der Waals surface area contributed by atoms with E-state index in [0.29, 0.717) is 23.5 Å². The zero-order chi connectivity index (χ0) is 18.0. The van der Waals surface area contributed by atoms with Gasteiger partial charge in [0.25, 0.3) is 11.8 Å². The summed E-state index contributed by atoms with van der Waals surface area (Å²) in [6.07, 6.45) is 0.324. The fraction of sp³-hybridized carbons (Fsp3) is 0.333. The summed E-state index contributed by atoms with van der Waals surface area (Å²) in [5.41, 5.74) is 1.92. The van der Waals surface area contributed by atoms with Crippen LogP contribution in [0.25, 0.3) is 0 Å². The Morgan fingerprint density at radius 3 is 1.88 bits per heavy atom. The van der Waals surface area contributed by atoms with E-state index in [4.69, 9.17) is 4.74 Å². The zero-order valence-electron chi connectivity index (χ0n) is 14.8. The number of fused-ring (bicyclic) bond motifs is 1. The molecular formula is C21H23NO3. The molecule has 0 unspecified atom stereocenters. The van der Waals surface area contributed by atoms with Crippen molar-refractivity contribution in [2.45, 2.75) is 32.4 Å². The molecule has 0 saturated carbocycles. The van der Waals surface area contributed by atoms with Gasteiger partial charge in [0.15, 0.2) is 0 Å². The minimum atomic E-state index is -0.356. The van der Waals surface area contributed by atoms with Gasteiger partial charge >= 0.3 is 0 Å². The van der Waals surface area contributed by atoms with Crippen LogP contribution >= 0.6 is 0 Å². The monoisotopic (exact) mass is 337 g/mol. The maximum Gasteiger partial charge on any atom is 0.261 e. The average Bonchev–Trinajstić information content (AvgIpc) is 2.87. The zero-order valence-corrected chi connectivity index (χ0v) is 14.8. The topological polar surface area (TPSA) is 46.6 Å². The molecule has 2 aromatic carbocycles. The van der Waals surface area contributed by atoms with Crippen molar-refractivity contribution in [3.8, 4) is 0 Å². The number of benzene rings is 2. The summed E-state index contributed by atoms with van der Waals surface area (Å²) in [4.78, 5) is 27.3. The molecule has 0 N–H and O–H groups in total. The molecule has 1 aliphatic heterocycles. The lowest BCUT2D eigenvalue weighted by Gasteiger charge is -2.34. The minimum absolute atomic E-state index is 0.232. The van der Waals surface area contributed by atoms with Crippen molar-refractivity contribution in [3.63, 3.8) is 0 Å². The highest BCUT2D eigenvalue weighted by atomic mass is 16.5. The Labute approximate surface area is 148 Å². The van der Waals surface area contributed by atoms with Crippen molar-refractivity contribution in [1.82, 2.24) is 4.90 Å². The second-order valence-electron chi connectivity index (χ2n) is 6.79. The van der Waals surface area contributed by atoms with Crippen LogP contribution < -0.4 is 0 Å². The third kappa shape index (κ3) is 3.22. The van der Waals surface area contributed by atoms with Gasteiger partial charge in [-0.2, -0.15) is 0 Å². The first-order valence-corrected chi connectivity index (χ1v) is 8.59. The molecule has 130 valence electrons. The molecule has 3 rings (SSSR count). The molecule has 0 saturated heterocycles. The van der Waals surface area contributed by atoms with Crippen LogP contribution in [0.3, 0.4) is 0 Å². The molecule has 4 heteroatoms. The van der Waals surface area contributed by atoms with E-state index in [1.54, 1.807) is 31.4 Å². The van der Waals surface area contributed by atoms with Crippen molar-refractivity contribution < 1.29 is 14.3 Å². The summed E-state index contributed by atoms with van der Waals surface area (Å²) in [7, 11) is 1.63. The fourth-order valence-corrected chi connectivity index (χ4v) is 3.51.